The van der Waals surface area contributed by atoms with E-state index in [4.69, 9.17) is 9.84 Å². The number of hydrogen-bond acceptors (Lipinski definition) is 3. The summed E-state index contributed by atoms with van der Waals surface area (Å²) in [6.45, 7) is 2.44. The first-order valence-electron chi connectivity index (χ1n) is 8.61. The highest BCUT2D eigenvalue weighted by atomic mass is 16.5. The number of pyridine rings is 1. The predicted octanol–water partition coefficient (Wildman–Crippen LogP) is 5.04. The molecular formula is C22H21NO3. The number of hydrogen-bond donors (Lipinski definition) is 1. The van der Waals surface area contributed by atoms with Gasteiger partial charge < -0.3 is 9.84 Å². The average Bonchev–Trinajstić information content (AvgIpc) is 2.65. The third kappa shape index (κ3) is 4.70. The van der Waals surface area contributed by atoms with Crippen molar-refractivity contribution in [3.8, 4) is 5.75 Å². The number of ether oxygens (including phenoxy) is 1. The standard InChI is InChI=1S/C22H21NO3/c1-16(14-19-12-11-17-6-2-3-9-21(17)23-19)18-7-4-8-20(15-18)26-13-5-10-22(24)25/h2-4,6-9,11-12,14-15H,5,10,13H2,1H3,(H,24,25)/b16-14-. The lowest BCUT2D eigenvalue weighted by atomic mass is 10.1. The molecular weight excluding hydrogens is 326 g/mol. The van der Waals surface area contributed by atoms with Gasteiger partial charge in [-0.25, -0.2) is 4.98 Å². The molecule has 2 aromatic carbocycles. The minimum Gasteiger partial charge on any atom is -0.494 e. The van der Waals surface area contributed by atoms with E-state index >= 15 is 0 Å². The third-order valence-corrected chi connectivity index (χ3v) is 4.08. The van der Waals surface area contributed by atoms with Gasteiger partial charge in [0, 0.05) is 11.8 Å². The zero-order chi connectivity index (χ0) is 18.4. The fourth-order valence-electron chi connectivity index (χ4n) is 2.71. The van der Waals surface area contributed by atoms with Crippen molar-refractivity contribution in [2.24, 2.45) is 0 Å². The van der Waals surface area contributed by atoms with Crippen molar-refractivity contribution in [3.63, 3.8) is 0 Å². The quantitative estimate of drug-likeness (QED) is 0.608. The molecule has 0 bridgehead atoms. The van der Waals surface area contributed by atoms with Gasteiger partial charge in [0.2, 0.25) is 0 Å². The number of fused-ring (bicyclic) bond motifs is 1. The van der Waals surface area contributed by atoms with Gasteiger partial charge in [0.05, 0.1) is 17.8 Å². The number of aliphatic carboxylic acids is 1. The molecule has 3 rings (SSSR count). The van der Waals surface area contributed by atoms with Crippen molar-refractivity contribution in [2.75, 3.05) is 6.61 Å². The first-order chi connectivity index (χ1) is 12.6. The molecule has 1 N–H and O–H groups in total. The third-order valence-electron chi connectivity index (χ3n) is 4.08. The molecule has 0 saturated heterocycles. The van der Waals surface area contributed by atoms with Gasteiger partial charge in [-0.2, -0.15) is 0 Å². The zero-order valence-corrected chi connectivity index (χ0v) is 14.7. The maximum absolute atomic E-state index is 10.5. The lowest BCUT2D eigenvalue weighted by Crippen LogP contribution is -2.02. The summed E-state index contributed by atoms with van der Waals surface area (Å²) in [4.78, 5) is 15.2. The molecule has 0 aliphatic heterocycles. The normalized spacial score (nSPS) is 11.5. The SMILES string of the molecule is C/C(=C/c1ccc2ccccc2n1)c1cccc(OCCCC(=O)O)c1. The van der Waals surface area contributed by atoms with E-state index in [0.29, 0.717) is 13.0 Å². The highest BCUT2D eigenvalue weighted by molar-refractivity contribution is 5.84. The number of aromatic nitrogens is 1. The van der Waals surface area contributed by atoms with Crippen LogP contribution in [0.5, 0.6) is 5.75 Å². The van der Waals surface area contributed by atoms with E-state index in [0.717, 1.165) is 33.5 Å². The van der Waals surface area contributed by atoms with Crippen LogP contribution in [0.15, 0.2) is 60.7 Å². The largest absolute Gasteiger partial charge is 0.494 e. The summed E-state index contributed by atoms with van der Waals surface area (Å²) in [6, 6.07) is 19.9. The van der Waals surface area contributed by atoms with Crippen LogP contribution < -0.4 is 4.74 Å². The second-order valence-corrected chi connectivity index (χ2v) is 6.13. The number of rotatable bonds is 7. The van der Waals surface area contributed by atoms with Gasteiger partial charge in [0.15, 0.2) is 0 Å². The fraction of sp³-hybridized carbons (Fsp3) is 0.182. The van der Waals surface area contributed by atoms with Crippen LogP contribution in [0.3, 0.4) is 0 Å². The topological polar surface area (TPSA) is 59.4 Å². The summed E-state index contributed by atoms with van der Waals surface area (Å²) in [5, 5.41) is 9.79. The number of para-hydroxylation sites is 1. The van der Waals surface area contributed by atoms with E-state index in [-0.39, 0.29) is 6.42 Å². The number of carboxylic acid groups (broad SMARTS) is 1. The summed E-state index contributed by atoms with van der Waals surface area (Å²) < 4.78 is 5.65. The van der Waals surface area contributed by atoms with Crippen LogP contribution in [0.1, 0.15) is 31.0 Å². The second-order valence-electron chi connectivity index (χ2n) is 6.13. The Hall–Kier alpha value is -3.14. The number of allylic oxidation sites excluding steroid dienone is 1. The van der Waals surface area contributed by atoms with Crippen molar-refractivity contribution < 1.29 is 14.6 Å². The van der Waals surface area contributed by atoms with Gasteiger partial charge in [-0.1, -0.05) is 36.4 Å². The van der Waals surface area contributed by atoms with Gasteiger partial charge in [-0.15, -0.1) is 0 Å². The Kier molecular flexibility index (Phi) is 5.64. The molecule has 0 saturated carbocycles. The maximum atomic E-state index is 10.5. The van der Waals surface area contributed by atoms with Crippen molar-refractivity contribution in [3.05, 3.63) is 71.9 Å². The molecule has 1 aromatic heterocycles. The van der Waals surface area contributed by atoms with Crippen molar-refractivity contribution >= 4 is 28.5 Å². The van der Waals surface area contributed by atoms with Gasteiger partial charge in [0.1, 0.15) is 5.75 Å². The van der Waals surface area contributed by atoms with Gasteiger partial charge >= 0.3 is 5.97 Å². The highest BCUT2D eigenvalue weighted by Crippen LogP contribution is 2.22. The van der Waals surface area contributed by atoms with Crippen molar-refractivity contribution in [1.82, 2.24) is 4.98 Å². The molecule has 3 aromatic rings. The Balaban J connectivity index is 1.73. The van der Waals surface area contributed by atoms with E-state index in [9.17, 15) is 4.79 Å². The molecule has 26 heavy (non-hydrogen) atoms. The number of nitrogens with zero attached hydrogens (tertiary/aromatic N) is 1. The molecule has 0 amide bonds. The van der Waals surface area contributed by atoms with E-state index in [2.05, 4.69) is 17.1 Å². The highest BCUT2D eigenvalue weighted by Gasteiger charge is 2.02. The molecule has 1 heterocycles. The maximum Gasteiger partial charge on any atom is 0.303 e. The van der Waals surface area contributed by atoms with Crippen LogP contribution in [0.25, 0.3) is 22.6 Å². The molecule has 0 fully saturated rings. The molecule has 0 atom stereocenters. The molecule has 4 heteroatoms. The molecule has 0 spiro atoms. The smallest absolute Gasteiger partial charge is 0.303 e. The van der Waals surface area contributed by atoms with Gasteiger partial charge in [0.25, 0.3) is 0 Å². The second kappa shape index (κ2) is 8.30. The fourth-order valence-corrected chi connectivity index (χ4v) is 2.71. The molecule has 132 valence electrons. The Morgan fingerprint density at radius 1 is 1.12 bits per heavy atom. The number of carboxylic acids is 1. The Morgan fingerprint density at radius 2 is 1.96 bits per heavy atom. The van der Waals surface area contributed by atoms with Crippen LogP contribution in [-0.2, 0) is 4.79 Å². The Bertz CT molecular complexity index is 947. The van der Waals surface area contributed by atoms with Crippen LogP contribution in [-0.4, -0.2) is 22.7 Å². The van der Waals surface area contributed by atoms with Crippen molar-refractivity contribution in [1.29, 1.82) is 0 Å². The summed E-state index contributed by atoms with van der Waals surface area (Å²) >= 11 is 0. The van der Waals surface area contributed by atoms with E-state index < -0.39 is 5.97 Å². The van der Waals surface area contributed by atoms with Crippen LogP contribution in [0.4, 0.5) is 0 Å². The van der Waals surface area contributed by atoms with E-state index in [1.54, 1.807) is 0 Å². The summed E-state index contributed by atoms with van der Waals surface area (Å²) in [5.41, 5.74) is 4.03. The first kappa shape index (κ1) is 17.7. The van der Waals surface area contributed by atoms with E-state index in [1.807, 2.05) is 61.5 Å². The molecule has 0 aliphatic carbocycles. The van der Waals surface area contributed by atoms with Gasteiger partial charge in [-0.05, 0) is 54.8 Å². The molecule has 0 radical (unpaired) electrons. The van der Waals surface area contributed by atoms with E-state index in [1.165, 1.54) is 0 Å². The van der Waals surface area contributed by atoms with Crippen LogP contribution in [0, 0.1) is 0 Å². The minimum absolute atomic E-state index is 0.117. The average molecular weight is 347 g/mol. The Labute approximate surface area is 152 Å². The summed E-state index contributed by atoms with van der Waals surface area (Å²) in [7, 11) is 0. The zero-order valence-electron chi connectivity index (χ0n) is 14.7. The summed E-state index contributed by atoms with van der Waals surface area (Å²) in [6.07, 6.45) is 2.66. The minimum atomic E-state index is -0.802. The van der Waals surface area contributed by atoms with Gasteiger partial charge in [-0.3, -0.25) is 4.79 Å². The molecule has 0 unspecified atom stereocenters. The lowest BCUT2D eigenvalue weighted by Gasteiger charge is -2.08. The Morgan fingerprint density at radius 3 is 2.81 bits per heavy atom. The molecule has 4 nitrogen and oxygen atoms in total. The van der Waals surface area contributed by atoms with Crippen LogP contribution >= 0.6 is 0 Å². The summed E-state index contributed by atoms with van der Waals surface area (Å²) in [5.74, 6) is -0.0591. The van der Waals surface area contributed by atoms with Crippen LogP contribution in [0.2, 0.25) is 0 Å². The lowest BCUT2D eigenvalue weighted by molar-refractivity contribution is -0.137. The predicted molar refractivity (Wildman–Crippen MR) is 104 cm³/mol. The first-order valence-corrected chi connectivity index (χ1v) is 8.61. The number of benzene rings is 2. The van der Waals surface area contributed by atoms with Crippen molar-refractivity contribution in [2.45, 2.75) is 19.8 Å². The number of carbonyl (C=O) groups is 1. The monoisotopic (exact) mass is 347 g/mol. The molecule has 0 aliphatic rings.